The Labute approximate surface area is 196 Å². The van der Waals surface area contributed by atoms with Crippen molar-refractivity contribution in [3.8, 4) is 0 Å². The first kappa shape index (κ1) is 24.9. The molecule has 2 bridgehead atoms. The molecule has 2 saturated heterocycles. The number of likely N-dealkylation sites (tertiary alicyclic amines) is 2. The van der Waals surface area contributed by atoms with Gasteiger partial charge < -0.3 is 24.6 Å². The lowest BCUT2D eigenvalue weighted by molar-refractivity contribution is -0.138. The summed E-state index contributed by atoms with van der Waals surface area (Å²) in [7, 11) is 0. The van der Waals surface area contributed by atoms with Crippen molar-refractivity contribution in [2.24, 2.45) is 11.3 Å². The number of piperazine rings is 1. The topological polar surface area (TPSA) is 88.2 Å². The van der Waals surface area contributed by atoms with Crippen LogP contribution in [0.25, 0.3) is 0 Å². The lowest BCUT2D eigenvalue weighted by Crippen LogP contribution is -2.59. The molecule has 2 aliphatic heterocycles. The fraction of sp³-hybridized carbons (Fsp3) is 0.640. The summed E-state index contributed by atoms with van der Waals surface area (Å²) in [6, 6.07) is 8.44. The molecule has 1 N–H and O–H groups in total. The zero-order valence-electron chi connectivity index (χ0n) is 20.8. The average molecular weight is 460 g/mol. The number of ether oxygens (including phenoxy) is 2. The van der Waals surface area contributed by atoms with E-state index in [1.165, 1.54) is 0 Å². The third-order valence-corrected chi connectivity index (χ3v) is 6.28. The van der Waals surface area contributed by atoms with Crippen molar-refractivity contribution >= 4 is 18.1 Å². The smallest absolute Gasteiger partial charge is 0.410 e. The second-order valence-corrected chi connectivity index (χ2v) is 11.1. The highest BCUT2D eigenvalue weighted by molar-refractivity contribution is 5.87. The summed E-state index contributed by atoms with van der Waals surface area (Å²) in [6.07, 6.45) is -0.969. The monoisotopic (exact) mass is 459 g/mol. The fourth-order valence-electron chi connectivity index (χ4n) is 4.51. The van der Waals surface area contributed by atoms with Crippen LogP contribution in [0.5, 0.6) is 0 Å². The van der Waals surface area contributed by atoms with Crippen LogP contribution in [0.4, 0.5) is 9.59 Å². The number of carbonyl (C=O) groups is 3. The maximum atomic E-state index is 13.6. The van der Waals surface area contributed by atoms with E-state index in [2.05, 4.69) is 12.2 Å². The number of benzene rings is 1. The van der Waals surface area contributed by atoms with Crippen molar-refractivity contribution in [3.63, 3.8) is 0 Å². The van der Waals surface area contributed by atoms with Crippen LogP contribution in [0.15, 0.2) is 30.3 Å². The molecule has 8 nitrogen and oxygen atoms in total. The van der Waals surface area contributed by atoms with Crippen molar-refractivity contribution in [2.75, 3.05) is 13.1 Å². The highest BCUT2D eigenvalue weighted by atomic mass is 16.6. The lowest BCUT2D eigenvalue weighted by atomic mass is 9.85. The van der Waals surface area contributed by atoms with Gasteiger partial charge in [-0.25, -0.2) is 9.59 Å². The molecule has 0 aliphatic carbocycles. The highest BCUT2D eigenvalue weighted by Crippen LogP contribution is 2.38. The van der Waals surface area contributed by atoms with Gasteiger partial charge in [-0.15, -0.1) is 0 Å². The number of carbonyl (C=O) groups excluding carboxylic acids is 3. The molecule has 2 fully saturated rings. The third-order valence-electron chi connectivity index (χ3n) is 6.28. The first-order valence-corrected chi connectivity index (χ1v) is 11.6. The van der Waals surface area contributed by atoms with Gasteiger partial charge in [-0.2, -0.15) is 0 Å². The Morgan fingerprint density at radius 2 is 1.58 bits per heavy atom. The number of alkyl carbamates (subject to hydrolysis) is 1. The molecule has 1 aromatic rings. The molecule has 2 heterocycles. The molecule has 4 atom stereocenters. The van der Waals surface area contributed by atoms with Crippen molar-refractivity contribution < 1.29 is 23.9 Å². The van der Waals surface area contributed by atoms with E-state index in [4.69, 9.17) is 9.47 Å². The van der Waals surface area contributed by atoms with Crippen LogP contribution in [0.3, 0.4) is 0 Å². The Balaban J connectivity index is 1.65. The van der Waals surface area contributed by atoms with Gasteiger partial charge in [0.15, 0.2) is 0 Å². The number of nitrogens with one attached hydrogen (secondary N) is 1. The summed E-state index contributed by atoms with van der Waals surface area (Å²) in [5.74, 6) is -0.0190. The largest absolute Gasteiger partial charge is 0.445 e. The van der Waals surface area contributed by atoms with Gasteiger partial charge >= 0.3 is 12.2 Å². The number of rotatable bonds is 4. The molecule has 33 heavy (non-hydrogen) atoms. The molecule has 0 radical (unpaired) electrons. The maximum absolute atomic E-state index is 13.6. The predicted molar refractivity (Wildman–Crippen MR) is 124 cm³/mol. The Morgan fingerprint density at radius 1 is 1.00 bits per heavy atom. The molecule has 3 unspecified atom stereocenters. The Hall–Kier alpha value is -2.77. The third kappa shape index (κ3) is 5.78. The summed E-state index contributed by atoms with van der Waals surface area (Å²) in [6.45, 7) is 14.3. The van der Waals surface area contributed by atoms with Gasteiger partial charge in [-0.1, -0.05) is 58.0 Å². The van der Waals surface area contributed by atoms with Crippen LogP contribution >= 0.6 is 0 Å². The second-order valence-electron chi connectivity index (χ2n) is 11.1. The number of amides is 3. The molecule has 0 spiro atoms. The van der Waals surface area contributed by atoms with E-state index in [1.54, 1.807) is 4.90 Å². The molecule has 8 heteroatoms. The standard InChI is InChI=1S/C25H37N3O5/c1-16-18-14-28(23(31)33-25(5,6)7)19(16)13-27(18)21(29)20(24(2,3)4)26-22(30)32-15-17-11-9-8-10-12-17/h8-12,16,18-20H,13-15H2,1-7H3,(H,26,30)/t16?,18?,19?,20-/m1/s1. The van der Waals surface area contributed by atoms with E-state index in [1.807, 2.05) is 76.8 Å². The summed E-state index contributed by atoms with van der Waals surface area (Å²) in [4.78, 5) is 42.3. The van der Waals surface area contributed by atoms with Gasteiger partial charge in [0.1, 0.15) is 18.2 Å². The molecule has 182 valence electrons. The van der Waals surface area contributed by atoms with Crippen molar-refractivity contribution in [3.05, 3.63) is 35.9 Å². The summed E-state index contributed by atoms with van der Waals surface area (Å²) < 4.78 is 10.9. The van der Waals surface area contributed by atoms with E-state index >= 15 is 0 Å². The Kier molecular flexibility index (Phi) is 6.96. The quantitative estimate of drug-likeness (QED) is 0.740. The van der Waals surface area contributed by atoms with Gasteiger partial charge in [0.25, 0.3) is 0 Å². The number of hydrogen-bond donors (Lipinski definition) is 1. The Morgan fingerprint density at radius 3 is 2.09 bits per heavy atom. The Bertz CT molecular complexity index is 874. The van der Waals surface area contributed by atoms with Gasteiger partial charge in [0.2, 0.25) is 5.91 Å². The minimum Gasteiger partial charge on any atom is -0.445 e. The molecule has 3 amide bonds. The zero-order valence-corrected chi connectivity index (χ0v) is 20.8. The predicted octanol–water partition coefficient (Wildman–Crippen LogP) is 3.79. The van der Waals surface area contributed by atoms with Crippen LogP contribution in [0.1, 0.15) is 54.0 Å². The van der Waals surface area contributed by atoms with E-state index in [0.29, 0.717) is 13.1 Å². The zero-order chi connectivity index (χ0) is 24.6. The molecule has 3 rings (SSSR count). The molecule has 0 aromatic heterocycles. The average Bonchev–Trinajstić information content (AvgIpc) is 3.21. The molecule has 0 saturated carbocycles. The summed E-state index contributed by atoms with van der Waals surface area (Å²) >= 11 is 0. The second kappa shape index (κ2) is 9.23. The first-order chi connectivity index (χ1) is 15.3. The van der Waals surface area contributed by atoms with Gasteiger partial charge in [-0.3, -0.25) is 4.79 Å². The summed E-state index contributed by atoms with van der Waals surface area (Å²) in [5.41, 5.74) is -0.211. The van der Waals surface area contributed by atoms with E-state index in [9.17, 15) is 14.4 Å². The molecule has 2 aliphatic rings. The van der Waals surface area contributed by atoms with E-state index < -0.39 is 23.2 Å². The van der Waals surface area contributed by atoms with Crippen LogP contribution in [0.2, 0.25) is 0 Å². The van der Waals surface area contributed by atoms with Crippen LogP contribution < -0.4 is 5.32 Å². The molecule has 1 aromatic carbocycles. The highest BCUT2D eigenvalue weighted by Gasteiger charge is 2.54. The molecular formula is C25H37N3O5. The number of fused-ring (bicyclic) bond motifs is 2. The summed E-state index contributed by atoms with van der Waals surface area (Å²) in [5, 5.41) is 2.79. The van der Waals surface area contributed by atoms with E-state index in [-0.39, 0.29) is 36.6 Å². The minimum atomic E-state index is -0.748. The van der Waals surface area contributed by atoms with E-state index in [0.717, 1.165) is 5.56 Å². The van der Waals surface area contributed by atoms with Crippen molar-refractivity contribution in [1.29, 1.82) is 0 Å². The minimum absolute atomic E-state index is 0.0977. The maximum Gasteiger partial charge on any atom is 0.410 e. The van der Waals surface area contributed by atoms with Gasteiger partial charge in [-0.05, 0) is 31.7 Å². The SMILES string of the molecule is CC1C2CN(C(=O)[C@@H](NC(=O)OCc3ccccc3)C(C)(C)C)C1CN2C(=O)OC(C)(C)C. The van der Waals surface area contributed by atoms with Crippen molar-refractivity contribution in [1.82, 2.24) is 15.1 Å². The number of nitrogens with zero attached hydrogens (tertiary/aromatic N) is 2. The van der Waals surface area contributed by atoms with Gasteiger partial charge in [0.05, 0.1) is 12.1 Å². The van der Waals surface area contributed by atoms with Crippen LogP contribution in [0, 0.1) is 11.3 Å². The van der Waals surface area contributed by atoms with Crippen molar-refractivity contribution in [2.45, 2.75) is 78.8 Å². The first-order valence-electron chi connectivity index (χ1n) is 11.6. The number of hydrogen-bond acceptors (Lipinski definition) is 5. The van der Waals surface area contributed by atoms with Gasteiger partial charge in [0, 0.05) is 19.0 Å². The fourth-order valence-corrected chi connectivity index (χ4v) is 4.51. The normalized spacial score (nSPS) is 23.3. The van der Waals surface area contributed by atoms with Crippen LogP contribution in [-0.2, 0) is 20.9 Å². The molecular weight excluding hydrogens is 422 g/mol. The lowest BCUT2D eigenvalue weighted by Gasteiger charge is -2.39. The van der Waals surface area contributed by atoms with Crippen LogP contribution in [-0.4, -0.2) is 64.7 Å².